The molecular formula is C10H10FNO3. The molecule has 1 aromatic rings. The van der Waals surface area contributed by atoms with Gasteiger partial charge in [-0.1, -0.05) is 12.1 Å². The van der Waals surface area contributed by atoms with Gasteiger partial charge in [0.25, 0.3) is 0 Å². The van der Waals surface area contributed by atoms with Crippen LogP contribution in [0.4, 0.5) is 4.39 Å². The van der Waals surface area contributed by atoms with Gasteiger partial charge >= 0.3 is 0 Å². The summed E-state index contributed by atoms with van der Waals surface area (Å²) >= 11 is 0. The van der Waals surface area contributed by atoms with E-state index in [-0.39, 0.29) is 13.0 Å². The Morgan fingerprint density at radius 1 is 1.53 bits per heavy atom. The second-order valence-corrected chi connectivity index (χ2v) is 3.17. The van der Waals surface area contributed by atoms with Gasteiger partial charge < -0.3 is 4.79 Å². The first-order valence-electron chi connectivity index (χ1n) is 4.44. The highest BCUT2D eigenvalue weighted by atomic mass is 19.1. The minimum absolute atomic E-state index is 0.0322. The normalized spacial score (nSPS) is 12.1. The number of nitro groups is 1. The maximum Gasteiger partial charge on any atom is 0.211 e. The van der Waals surface area contributed by atoms with Crippen LogP contribution in [0.25, 0.3) is 0 Å². The molecule has 0 saturated heterocycles. The lowest BCUT2D eigenvalue weighted by atomic mass is 9.96. The Morgan fingerprint density at radius 2 is 2.27 bits per heavy atom. The summed E-state index contributed by atoms with van der Waals surface area (Å²) in [5.74, 6) is -1.00. The number of carbonyl (C=O) groups excluding carboxylic acids is 1. The van der Waals surface area contributed by atoms with Crippen LogP contribution in [0.15, 0.2) is 24.3 Å². The molecule has 0 aliphatic heterocycles. The Hall–Kier alpha value is -1.78. The van der Waals surface area contributed by atoms with E-state index in [9.17, 15) is 19.3 Å². The molecule has 0 spiro atoms. The summed E-state index contributed by atoms with van der Waals surface area (Å²) < 4.78 is 12.8. The van der Waals surface area contributed by atoms with Crippen molar-refractivity contribution in [2.75, 3.05) is 6.54 Å². The number of rotatable bonds is 5. The third kappa shape index (κ3) is 3.46. The van der Waals surface area contributed by atoms with Crippen molar-refractivity contribution in [2.45, 2.75) is 12.3 Å². The number of carbonyl (C=O) groups is 1. The zero-order chi connectivity index (χ0) is 11.3. The molecule has 0 unspecified atom stereocenters. The van der Waals surface area contributed by atoms with Crippen molar-refractivity contribution < 1.29 is 14.1 Å². The molecule has 1 aromatic carbocycles. The second-order valence-electron chi connectivity index (χ2n) is 3.17. The maximum absolute atomic E-state index is 12.8. The van der Waals surface area contributed by atoms with Gasteiger partial charge in [-0.2, -0.15) is 0 Å². The van der Waals surface area contributed by atoms with Crippen LogP contribution in [0.5, 0.6) is 0 Å². The Balaban J connectivity index is 2.87. The summed E-state index contributed by atoms with van der Waals surface area (Å²) in [6.07, 6.45) is 0.642. The highest BCUT2D eigenvalue weighted by Crippen LogP contribution is 2.19. The van der Waals surface area contributed by atoms with Crippen LogP contribution in [0.3, 0.4) is 0 Å². The zero-order valence-electron chi connectivity index (χ0n) is 7.93. The summed E-state index contributed by atoms with van der Waals surface area (Å²) in [4.78, 5) is 20.2. The van der Waals surface area contributed by atoms with Gasteiger partial charge in [-0.05, 0) is 17.7 Å². The first kappa shape index (κ1) is 11.3. The summed E-state index contributed by atoms with van der Waals surface area (Å²) in [7, 11) is 0. The Labute approximate surface area is 85.9 Å². The van der Waals surface area contributed by atoms with Gasteiger partial charge in [-0.25, -0.2) is 4.39 Å². The standard InChI is InChI=1S/C10H10FNO3/c11-10-3-1-2-8(6-10)9(4-5-13)7-12(14)15/h1-3,5-6,9H,4,7H2/t9-/m1/s1. The Morgan fingerprint density at radius 3 is 2.80 bits per heavy atom. The van der Waals surface area contributed by atoms with Crippen LogP contribution >= 0.6 is 0 Å². The minimum Gasteiger partial charge on any atom is -0.303 e. The van der Waals surface area contributed by atoms with E-state index in [1.807, 2.05) is 0 Å². The molecule has 0 saturated carbocycles. The largest absolute Gasteiger partial charge is 0.303 e. The van der Waals surface area contributed by atoms with Crippen molar-refractivity contribution in [3.63, 3.8) is 0 Å². The molecule has 0 fully saturated rings. The average Bonchev–Trinajstić information content (AvgIpc) is 2.16. The van der Waals surface area contributed by atoms with Gasteiger partial charge in [0.15, 0.2) is 0 Å². The Bertz CT molecular complexity index is 367. The van der Waals surface area contributed by atoms with Crippen LogP contribution in [-0.2, 0) is 4.79 Å². The van der Waals surface area contributed by atoms with Gasteiger partial charge in [0.05, 0.1) is 5.92 Å². The number of aldehydes is 1. The molecule has 0 aromatic heterocycles. The summed E-state index contributed by atoms with van der Waals surface area (Å²) in [6.45, 7) is -0.359. The lowest BCUT2D eigenvalue weighted by Gasteiger charge is -2.09. The van der Waals surface area contributed by atoms with Gasteiger partial charge in [-0.15, -0.1) is 0 Å². The number of nitrogens with zero attached hydrogens (tertiary/aromatic N) is 1. The molecule has 0 aliphatic carbocycles. The molecule has 0 radical (unpaired) electrons. The van der Waals surface area contributed by atoms with E-state index in [0.29, 0.717) is 11.8 Å². The van der Waals surface area contributed by atoms with Gasteiger partial charge in [0.2, 0.25) is 6.54 Å². The van der Waals surface area contributed by atoms with E-state index >= 15 is 0 Å². The quantitative estimate of drug-likeness (QED) is 0.423. The molecule has 5 heteroatoms. The topological polar surface area (TPSA) is 60.2 Å². The molecular weight excluding hydrogens is 201 g/mol. The van der Waals surface area contributed by atoms with Gasteiger partial charge in [0, 0.05) is 11.3 Å². The van der Waals surface area contributed by atoms with E-state index in [1.165, 1.54) is 18.2 Å². The highest BCUT2D eigenvalue weighted by Gasteiger charge is 2.17. The molecule has 0 heterocycles. The maximum atomic E-state index is 12.8. The van der Waals surface area contributed by atoms with E-state index in [1.54, 1.807) is 6.07 Å². The third-order valence-electron chi connectivity index (χ3n) is 2.07. The lowest BCUT2D eigenvalue weighted by Crippen LogP contribution is -2.13. The highest BCUT2D eigenvalue weighted by molar-refractivity contribution is 5.51. The SMILES string of the molecule is O=CC[C@H](C[N+](=O)[O-])c1cccc(F)c1. The molecule has 0 amide bonds. The number of hydrogen-bond acceptors (Lipinski definition) is 3. The summed E-state index contributed by atoms with van der Waals surface area (Å²) in [5, 5.41) is 10.3. The summed E-state index contributed by atoms with van der Waals surface area (Å²) in [5.41, 5.74) is 0.485. The molecule has 15 heavy (non-hydrogen) atoms. The summed E-state index contributed by atoms with van der Waals surface area (Å²) in [6, 6.07) is 5.54. The van der Waals surface area contributed by atoms with Gasteiger partial charge in [-0.3, -0.25) is 10.1 Å². The lowest BCUT2D eigenvalue weighted by molar-refractivity contribution is -0.483. The van der Waals surface area contributed by atoms with Crippen molar-refractivity contribution in [3.05, 3.63) is 45.8 Å². The molecule has 0 bridgehead atoms. The van der Waals surface area contributed by atoms with Crippen molar-refractivity contribution in [1.82, 2.24) is 0 Å². The second kappa shape index (κ2) is 5.19. The predicted molar refractivity (Wildman–Crippen MR) is 51.7 cm³/mol. The first-order valence-corrected chi connectivity index (χ1v) is 4.44. The average molecular weight is 211 g/mol. The molecule has 80 valence electrons. The van der Waals surface area contributed by atoms with Crippen LogP contribution in [0.1, 0.15) is 17.9 Å². The Kier molecular flexibility index (Phi) is 3.91. The number of halogens is 1. The van der Waals surface area contributed by atoms with Crippen molar-refractivity contribution >= 4 is 6.29 Å². The monoisotopic (exact) mass is 211 g/mol. The predicted octanol–water partition coefficient (Wildman–Crippen LogP) is 1.77. The number of hydrogen-bond donors (Lipinski definition) is 0. The van der Waals surface area contributed by atoms with E-state index in [0.717, 1.165) is 0 Å². The smallest absolute Gasteiger partial charge is 0.211 e. The van der Waals surface area contributed by atoms with Crippen LogP contribution < -0.4 is 0 Å². The fourth-order valence-electron chi connectivity index (χ4n) is 1.37. The molecule has 0 N–H and O–H groups in total. The van der Waals surface area contributed by atoms with Crippen LogP contribution in [-0.4, -0.2) is 17.8 Å². The molecule has 0 aliphatic rings. The molecule has 4 nitrogen and oxygen atoms in total. The van der Waals surface area contributed by atoms with Crippen molar-refractivity contribution in [3.8, 4) is 0 Å². The first-order chi connectivity index (χ1) is 7.13. The van der Waals surface area contributed by atoms with E-state index < -0.39 is 16.7 Å². The molecule has 1 atom stereocenters. The van der Waals surface area contributed by atoms with E-state index in [2.05, 4.69) is 0 Å². The van der Waals surface area contributed by atoms with Crippen molar-refractivity contribution in [1.29, 1.82) is 0 Å². The van der Waals surface area contributed by atoms with Gasteiger partial charge in [0.1, 0.15) is 12.1 Å². The zero-order valence-corrected chi connectivity index (χ0v) is 7.93. The van der Waals surface area contributed by atoms with Crippen LogP contribution in [0, 0.1) is 15.9 Å². The minimum atomic E-state index is -0.548. The third-order valence-corrected chi connectivity index (χ3v) is 2.07. The number of benzene rings is 1. The molecule has 1 rings (SSSR count). The fourth-order valence-corrected chi connectivity index (χ4v) is 1.37. The fraction of sp³-hybridized carbons (Fsp3) is 0.300. The van der Waals surface area contributed by atoms with Crippen LogP contribution in [0.2, 0.25) is 0 Å². The van der Waals surface area contributed by atoms with Crippen molar-refractivity contribution in [2.24, 2.45) is 0 Å². The van der Waals surface area contributed by atoms with E-state index in [4.69, 9.17) is 0 Å².